The van der Waals surface area contributed by atoms with Crippen LogP contribution in [0, 0.1) is 11.3 Å². The molecule has 0 aliphatic heterocycles. The molecule has 1 aromatic carbocycles. The Bertz CT molecular complexity index is 323. The number of nitriles is 1. The molecule has 0 unspecified atom stereocenters. The lowest BCUT2D eigenvalue weighted by Crippen LogP contribution is -1.88. The molecule has 0 N–H and O–H groups in total. The van der Waals surface area contributed by atoms with Crippen molar-refractivity contribution in [3.63, 3.8) is 0 Å². The van der Waals surface area contributed by atoms with E-state index in [0.29, 0.717) is 16.5 Å². The molecule has 0 amide bonds. The van der Waals surface area contributed by atoms with Gasteiger partial charge in [-0.2, -0.15) is 5.26 Å². The Hall–Kier alpha value is -1.00. The fourth-order valence-corrected chi connectivity index (χ4v) is 1.15. The first-order valence-electron chi connectivity index (χ1n) is 3.84. The molecule has 0 bridgehead atoms. The van der Waals surface area contributed by atoms with Gasteiger partial charge in [0.1, 0.15) is 6.07 Å². The first-order chi connectivity index (χ1) is 5.65. The summed E-state index contributed by atoms with van der Waals surface area (Å²) in [6.07, 6.45) is 0. The Labute approximate surface area is 77.6 Å². The Morgan fingerprint density at radius 1 is 1.42 bits per heavy atom. The van der Waals surface area contributed by atoms with Crippen molar-refractivity contribution in [2.24, 2.45) is 0 Å². The average Bonchev–Trinajstić information content (AvgIpc) is 2.05. The summed E-state index contributed by atoms with van der Waals surface area (Å²) in [7, 11) is 0. The first-order valence-corrected chi connectivity index (χ1v) is 4.22. The van der Waals surface area contributed by atoms with Gasteiger partial charge in [0.05, 0.1) is 10.6 Å². The van der Waals surface area contributed by atoms with E-state index in [2.05, 4.69) is 19.9 Å². The second-order valence-electron chi connectivity index (χ2n) is 3.01. The standard InChI is InChI=1S/C10H10ClN/c1-7(2)8-3-4-10(11)9(5-8)6-12/h3-5,7H,1-2H3. The highest BCUT2D eigenvalue weighted by Gasteiger charge is 2.03. The second kappa shape index (κ2) is 3.60. The van der Waals surface area contributed by atoms with E-state index >= 15 is 0 Å². The summed E-state index contributed by atoms with van der Waals surface area (Å²) < 4.78 is 0. The highest BCUT2D eigenvalue weighted by molar-refractivity contribution is 6.31. The van der Waals surface area contributed by atoms with Gasteiger partial charge in [-0.3, -0.25) is 0 Å². The summed E-state index contributed by atoms with van der Waals surface area (Å²) in [5, 5.41) is 9.22. The van der Waals surface area contributed by atoms with Gasteiger partial charge in [-0.05, 0) is 23.6 Å². The third-order valence-corrected chi connectivity index (χ3v) is 2.11. The van der Waals surface area contributed by atoms with Crippen LogP contribution in [-0.4, -0.2) is 0 Å². The first kappa shape index (κ1) is 9.09. The average molecular weight is 180 g/mol. The summed E-state index contributed by atoms with van der Waals surface area (Å²) >= 11 is 5.78. The van der Waals surface area contributed by atoms with Gasteiger partial charge < -0.3 is 0 Å². The monoisotopic (exact) mass is 179 g/mol. The van der Waals surface area contributed by atoms with Crippen molar-refractivity contribution in [3.8, 4) is 6.07 Å². The Balaban J connectivity index is 3.16. The SMILES string of the molecule is CC(C)c1ccc(Cl)c(C#N)c1. The second-order valence-corrected chi connectivity index (χ2v) is 3.41. The van der Waals surface area contributed by atoms with Gasteiger partial charge >= 0.3 is 0 Å². The lowest BCUT2D eigenvalue weighted by atomic mass is 10.0. The van der Waals surface area contributed by atoms with Crippen molar-refractivity contribution in [3.05, 3.63) is 34.3 Å². The van der Waals surface area contributed by atoms with Crippen LogP contribution >= 0.6 is 11.6 Å². The predicted octanol–water partition coefficient (Wildman–Crippen LogP) is 3.34. The summed E-state index contributed by atoms with van der Waals surface area (Å²) in [6.45, 7) is 4.18. The van der Waals surface area contributed by atoms with Crippen LogP contribution in [0.2, 0.25) is 5.02 Å². The van der Waals surface area contributed by atoms with Gasteiger partial charge in [-0.1, -0.05) is 31.5 Å². The minimum Gasteiger partial charge on any atom is -0.192 e. The van der Waals surface area contributed by atoms with Gasteiger partial charge in [0, 0.05) is 0 Å². The van der Waals surface area contributed by atoms with E-state index in [9.17, 15) is 0 Å². The molecular formula is C10H10ClN. The van der Waals surface area contributed by atoms with Gasteiger partial charge in [0.2, 0.25) is 0 Å². The van der Waals surface area contributed by atoms with Crippen LogP contribution in [0.25, 0.3) is 0 Å². The lowest BCUT2D eigenvalue weighted by molar-refractivity contribution is 0.866. The van der Waals surface area contributed by atoms with E-state index in [0.717, 1.165) is 5.56 Å². The summed E-state index contributed by atoms with van der Waals surface area (Å²) in [4.78, 5) is 0. The van der Waals surface area contributed by atoms with E-state index in [1.807, 2.05) is 12.1 Å². The number of benzene rings is 1. The molecule has 0 aliphatic rings. The maximum Gasteiger partial charge on any atom is 0.101 e. The number of hydrogen-bond donors (Lipinski definition) is 0. The van der Waals surface area contributed by atoms with Gasteiger partial charge in [-0.25, -0.2) is 0 Å². The fourth-order valence-electron chi connectivity index (χ4n) is 0.988. The Kier molecular flexibility index (Phi) is 2.73. The minimum atomic E-state index is 0.439. The molecule has 0 heterocycles. The molecule has 0 spiro atoms. The molecule has 0 fully saturated rings. The third kappa shape index (κ3) is 1.78. The van der Waals surface area contributed by atoms with Crippen LogP contribution in [0.5, 0.6) is 0 Å². The molecule has 2 heteroatoms. The Morgan fingerprint density at radius 2 is 2.08 bits per heavy atom. The van der Waals surface area contributed by atoms with Crippen LogP contribution in [0.1, 0.15) is 30.9 Å². The van der Waals surface area contributed by atoms with Crippen LogP contribution in [0.15, 0.2) is 18.2 Å². The molecule has 0 saturated carbocycles. The van der Waals surface area contributed by atoms with Crippen molar-refractivity contribution < 1.29 is 0 Å². The number of nitrogens with zero attached hydrogens (tertiary/aromatic N) is 1. The molecule has 1 nitrogen and oxygen atoms in total. The molecule has 0 saturated heterocycles. The summed E-state index contributed by atoms with van der Waals surface area (Å²) in [6, 6.07) is 7.62. The van der Waals surface area contributed by atoms with Crippen LogP contribution in [0.3, 0.4) is 0 Å². The van der Waals surface area contributed by atoms with E-state index in [4.69, 9.17) is 16.9 Å². The van der Waals surface area contributed by atoms with Crippen molar-refractivity contribution in [1.29, 1.82) is 5.26 Å². The highest BCUT2D eigenvalue weighted by Crippen LogP contribution is 2.21. The molecular weight excluding hydrogens is 170 g/mol. The quantitative estimate of drug-likeness (QED) is 0.649. The van der Waals surface area contributed by atoms with Crippen molar-refractivity contribution in [2.75, 3.05) is 0 Å². The van der Waals surface area contributed by atoms with E-state index in [-0.39, 0.29) is 0 Å². The molecule has 1 aromatic rings. The zero-order valence-electron chi connectivity index (χ0n) is 7.13. The lowest BCUT2D eigenvalue weighted by Gasteiger charge is -2.05. The molecule has 0 aromatic heterocycles. The van der Waals surface area contributed by atoms with Crippen LogP contribution in [0.4, 0.5) is 0 Å². The summed E-state index contributed by atoms with van der Waals surface area (Å²) in [5.74, 6) is 0.439. The molecule has 12 heavy (non-hydrogen) atoms. The van der Waals surface area contributed by atoms with E-state index < -0.39 is 0 Å². The maximum atomic E-state index is 8.69. The van der Waals surface area contributed by atoms with Crippen molar-refractivity contribution in [1.82, 2.24) is 0 Å². The maximum absolute atomic E-state index is 8.69. The van der Waals surface area contributed by atoms with Gasteiger partial charge in [0.15, 0.2) is 0 Å². The molecule has 0 radical (unpaired) electrons. The van der Waals surface area contributed by atoms with E-state index in [1.54, 1.807) is 6.07 Å². The van der Waals surface area contributed by atoms with Crippen molar-refractivity contribution in [2.45, 2.75) is 19.8 Å². The van der Waals surface area contributed by atoms with Crippen molar-refractivity contribution >= 4 is 11.6 Å². The topological polar surface area (TPSA) is 23.8 Å². The van der Waals surface area contributed by atoms with Gasteiger partial charge in [0.25, 0.3) is 0 Å². The van der Waals surface area contributed by atoms with Crippen LogP contribution < -0.4 is 0 Å². The van der Waals surface area contributed by atoms with Gasteiger partial charge in [-0.15, -0.1) is 0 Å². The summed E-state index contributed by atoms with van der Waals surface area (Å²) in [5.41, 5.74) is 1.71. The largest absolute Gasteiger partial charge is 0.192 e. The van der Waals surface area contributed by atoms with Crippen LogP contribution in [-0.2, 0) is 0 Å². The fraction of sp³-hybridized carbons (Fsp3) is 0.300. The number of rotatable bonds is 1. The molecule has 62 valence electrons. The zero-order chi connectivity index (χ0) is 9.14. The molecule has 0 atom stereocenters. The Morgan fingerprint density at radius 3 is 2.58 bits per heavy atom. The van der Waals surface area contributed by atoms with E-state index in [1.165, 1.54) is 0 Å². The number of halogens is 1. The third-order valence-electron chi connectivity index (χ3n) is 1.78. The normalized spacial score (nSPS) is 9.92. The minimum absolute atomic E-state index is 0.439. The molecule has 0 aliphatic carbocycles. The molecule has 1 rings (SSSR count). The highest BCUT2D eigenvalue weighted by atomic mass is 35.5. The predicted molar refractivity (Wildman–Crippen MR) is 50.3 cm³/mol. The zero-order valence-corrected chi connectivity index (χ0v) is 7.89. The number of hydrogen-bond acceptors (Lipinski definition) is 1. The smallest absolute Gasteiger partial charge is 0.101 e.